The highest BCUT2D eigenvalue weighted by atomic mass is 16.5. The summed E-state index contributed by atoms with van der Waals surface area (Å²) in [5, 5.41) is 0. The molecule has 1 atom stereocenters. The Morgan fingerprint density at radius 2 is 1.75 bits per heavy atom. The van der Waals surface area contributed by atoms with E-state index < -0.39 is 0 Å². The monoisotopic (exact) mass is 275 g/mol. The van der Waals surface area contributed by atoms with Gasteiger partial charge in [0.15, 0.2) is 0 Å². The van der Waals surface area contributed by atoms with Crippen LogP contribution in [0.3, 0.4) is 0 Å². The van der Waals surface area contributed by atoms with Gasteiger partial charge in [0.05, 0.1) is 6.61 Å². The van der Waals surface area contributed by atoms with E-state index in [1.807, 2.05) is 6.07 Å². The van der Waals surface area contributed by atoms with Crippen molar-refractivity contribution < 1.29 is 4.74 Å². The van der Waals surface area contributed by atoms with Crippen LogP contribution >= 0.6 is 0 Å². The maximum Gasteiger partial charge on any atom is 0.124 e. The van der Waals surface area contributed by atoms with Gasteiger partial charge in [-0.2, -0.15) is 0 Å². The molecule has 0 heterocycles. The number of rotatable bonds is 5. The van der Waals surface area contributed by atoms with Crippen molar-refractivity contribution >= 4 is 0 Å². The van der Waals surface area contributed by atoms with E-state index in [1.54, 1.807) is 0 Å². The number of ether oxygens (including phenoxy) is 1. The predicted octanol–water partition coefficient (Wildman–Crippen LogP) is 4.84. The van der Waals surface area contributed by atoms with E-state index in [0.717, 1.165) is 18.8 Å². The average Bonchev–Trinajstić information content (AvgIpc) is 2.44. The van der Waals surface area contributed by atoms with Crippen LogP contribution < -0.4 is 10.5 Å². The Balaban J connectivity index is 2.07. The van der Waals surface area contributed by atoms with Gasteiger partial charge in [0.1, 0.15) is 5.75 Å². The van der Waals surface area contributed by atoms with Gasteiger partial charge in [-0.25, -0.2) is 0 Å². The second-order valence-corrected chi connectivity index (χ2v) is 6.02. The molecule has 2 N–H and O–H groups in total. The van der Waals surface area contributed by atoms with Crippen molar-refractivity contribution in [2.24, 2.45) is 11.7 Å². The van der Waals surface area contributed by atoms with Gasteiger partial charge < -0.3 is 10.5 Å². The van der Waals surface area contributed by atoms with Crippen molar-refractivity contribution in [1.29, 1.82) is 0 Å². The topological polar surface area (TPSA) is 35.2 Å². The number of nitrogens with two attached hydrogens (primary N) is 1. The summed E-state index contributed by atoms with van der Waals surface area (Å²) in [7, 11) is 0. The van der Waals surface area contributed by atoms with Crippen LogP contribution in [0.4, 0.5) is 0 Å². The van der Waals surface area contributed by atoms with Crippen LogP contribution in [-0.4, -0.2) is 6.61 Å². The summed E-state index contributed by atoms with van der Waals surface area (Å²) in [6, 6.07) is 8.46. The molecule has 2 rings (SSSR count). The molecule has 20 heavy (non-hydrogen) atoms. The lowest BCUT2D eigenvalue weighted by atomic mass is 9.83. The summed E-state index contributed by atoms with van der Waals surface area (Å²) in [4.78, 5) is 0. The second kappa shape index (κ2) is 8.31. The Morgan fingerprint density at radius 3 is 2.45 bits per heavy atom. The summed E-state index contributed by atoms with van der Waals surface area (Å²) in [5.41, 5.74) is 7.78. The Morgan fingerprint density at radius 1 is 1.10 bits per heavy atom. The van der Waals surface area contributed by atoms with E-state index in [-0.39, 0.29) is 6.04 Å². The van der Waals surface area contributed by atoms with E-state index in [4.69, 9.17) is 10.5 Å². The van der Waals surface area contributed by atoms with Gasteiger partial charge in [-0.05, 0) is 31.2 Å². The van der Waals surface area contributed by atoms with E-state index in [9.17, 15) is 0 Å². The van der Waals surface area contributed by atoms with Gasteiger partial charge in [-0.3, -0.25) is 0 Å². The standard InChI is InChI=1S/C18H29NO/c1-2-14-20-17-13-9-8-12-16(17)18(19)15-10-6-4-3-5-7-11-15/h8-9,12-13,15,18H,2-7,10-11,14,19H2,1H3. The van der Waals surface area contributed by atoms with E-state index in [1.165, 1.54) is 50.5 Å². The zero-order valence-electron chi connectivity index (χ0n) is 12.8. The summed E-state index contributed by atoms with van der Waals surface area (Å²) in [5.74, 6) is 1.60. The molecule has 0 aliphatic heterocycles. The Labute approximate surface area is 123 Å². The summed E-state index contributed by atoms with van der Waals surface area (Å²) in [6.07, 6.45) is 10.4. The van der Waals surface area contributed by atoms with Crippen molar-refractivity contribution in [2.45, 2.75) is 64.3 Å². The molecule has 0 spiro atoms. The highest BCUT2D eigenvalue weighted by molar-refractivity contribution is 5.36. The smallest absolute Gasteiger partial charge is 0.124 e. The summed E-state index contributed by atoms with van der Waals surface area (Å²) < 4.78 is 5.87. The molecular weight excluding hydrogens is 246 g/mol. The second-order valence-electron chi connectivity index (χ2n) is 6.02. The first-order chi connectivity index (χ1) is 9.83. The van der Waals surface area contributed by atoms with E-state index in [0.29, 0.717) is 5.92 Å². The molecular formula is C18H29NO. The molecule has 0 bridgehead atoms. The van der Waals surface area contributed by atoms with Gasteiger partial charge in [-0.15, -0.1) is 0 Å². The van der Waals surface area contributed by atoms with Gasteiger partial charge in [-0.1, -0.05) is 57.2 Å². The lowest BCUT2D eigenvalue weighted by molar-refractivity contribution is 0.293. The van der Waals surface area contributed by atoms with Crippen LogP contribution in [0.15, 0.2) is 24.3 Å². The van der Waals surface area contributed by atoms with Gasteiger partial charge in [0.25, 0.3) is 0 Å². The Bertz CT molecular complexity index is 383. The van der Waals surface area contributed by atoms with Crippen molar-refractivity contribution in [2.75, 3.05) is 6.61 Å². The predicted molar refractivity (Wildman–Crippen MR) is 85.0 cm³/mol. The van der Waals surface area contributed by atoms with Crippen molar-refractivity contribution in [1.82, 2.24) is 0 Å². The third kappa shape index (κ3) is 4.24. The first-order valence-corrected chi connectivity index (χ1v) is 8.30. The van der Waals surface area contributed by atoms with Crippen LogP contribution in [0.25, 0.3) is 0 Å². The largest absolute Gasteiger partial charge is 0.493 e. The number of benzene rings is 1. The molecule has 1 unspecified atom stereocenters. The highest BCUT2D eigenvalue weighted by Gasteiger charge is 2.22. The van der Waals surface area contributed by atoms with E-state index in [2.05, 4.69) is 25.1 Å². The fraction of sp³-hybridized carbons (Fsp3) is 0.667. The van der Waals surface area contributed by atoms with Crippen LogP contribution in [-0.2, 0) is 0 Å². The summed E-state index contributed by atoms with van der Waals surface area (Å²) in [6.45, 7) is 2.91. The molecule has 0 saturated heterocycles. The molecule has 0 amide bonds. The Hall–Kier alpha value is -1.02. The van der Waals surface area contributed by atoms with Crippen molar-refractivity contribution in [3.05, 3.63) is 29.8 Å². The summed E-state index contributed by atoms with van der Waals surface area (Å²) >= 11 is 0. The maximum absolute atomic E-state index is 6.58. The zero-order valence-corrected chi connectivity index (χ0v) is 12.8. The minimum Gasteiger partial charge on any atom is -0.493 e. The highest BCUT2D eigenvalue weighted by Crippen LogP contribution is 2.35. The molecule has 1 aromatic carbocycles. The fourth-order valence-electron chi connectivity index (χ4n) is 3.20. The number of hydrogen-bond donors (Lipinski definition) is 1. The number of para-hydroxylation sites is 1. The zero-order chi connectivity index (χ0) is 14.2. The Kier molecular flexibility index (Phi) is 6.38. The van der Waals surface area contributed by atoms with E-state index >= 15 is 0 Å². The quantitative estimate of drug-likeness (QED) is 0.835. The molecule has 2 heteroatoms. The SMILES string of the molecule is CCCOc1ccccc1C(N)C1CCCCCCC1. The minimum absolute atomic E-state index is 0.126. The van der Waals surface area contributed by atoms with Crippen LogP contribution in [0.2, 0.25) is 0 Å². The van der Waals surface area contributed by atoms with Crippen LogP contribution in [0, 0.1) is 5.92 Å². The third-order valence-corrected chi connectivity index (χ3v) is 4.40. The maximum atomic E-state index is 6.58. The van der Waals surface area contributed by atoms with Crippen molar-refractivity contribution in [3.8, 4) is 5.75 Å². The molecule has 112 valence electrons. The molecule has 0 radical (unpaired) electrons. The minimum atomic E-state index is 0.126. The van der Waals surface area contributed by atoms with Gasteiger partial charge in [0, 0.05) is 11.6 Å². The first-order valence-electron chi connectivity index (χ1n) is 8.30. The molecule has 1 saturated carbocycles. The molecule has 1 aromatic rings. The normalized spacial score (nSPS) is 19.1. The lowest BCUT2D eigenvalue weighted by Crippen LogP contribution is -2.23. The average molecular weight is 275 g/mol. The molecule has 0 aromatic heterocycles. The first kappa shape index (κ1) is 15.4. The molecule has 1 aliphatic rings. The van der Waals surface area contributed by atoms with Gasteiger partial charge >= 0.3 is 0 Å². The van der Waals surface area contributed by atoms with Crippen molar-refractivity contribution in [3.63, 3.8) is 0 Å². The van der Waals surface area contributed by atoms with Crippen LogP contribution in [0.1, 0.15) is 69.9 Å². The van der Waals surface area contributed by atoms with Crippen LogP contribution in [0.5, 0.6) is 5.75 Å². The third-order valence-electron chi connectivity index (χ3n) is 4.40. The number of hydrogen-bond acceptors (Lipinski definition) is 2. The fourth-order valence-corrected chi connectivity index (χ4v) is 3.20. The molecule has 2 nitrogen and oxygen atoms in total. The lowest BCUT2D eigenvalue weighted by Gasteiger charge is -2.27. The van der Waals surface area contributed by atoms with Gasteiger partial charge in [0.2, 0.25) is 0 Å². The molecule has 1 aliphatic carbocycles. The molecule has 1 fully saturated rings.